The normalized spacial score (nSPS) is 17.0. The molecule has 7 heteroatoms. The number of benzene rings is 2. The number of nitrogens with one attached hydrogen (secondary N) is 3. The number of carbonyl (C=O) groups is 1. The van der Waals surface area contributed by atoms with Crippen molar-refractivity contribution in [2.75, 3.05) is 25.0 Å². The van der Waals surface area contributed by atoms with Crippen LogP contribution in [0.1, 0.15) is 38.2 Å². The molecule has 1 aliphatic rings. The van der Waals surface area contributed by atoms with Crippen LogP contribution in [0.2, 0.25) is 0 Å². The summed E-state index contributed by atoms with van der Waals surface area (Å²) in [5.41, 5.74) is 1.99. The van der Waals surface area contributed by atoms with Crippen molar-refractivity contribution in [1.82, 2.24) is 10.6 Å². The van der Waals surface area contributed by atoms with Gasteiger partial charge in [0.05, 0.1) is 6.54 Å². The number of carbonyl (C=O) groups excluding carboxylic acids is 1. The minimum atomic E-state index is -0.376. The van der Waals surface area contributed by atoms with Gasteiger partial charge in [-0.05, 0) is 37.1 Å². The van der Waals surface area contributed by atoms with E-state index in [1.165, 1.54) is 6.07 Å². The lowest BCUT2D eigenvalue weighted by molar-refractivity contribution is -0.116. The van der Waals surface area contributed by atoms with Crippen molar-refractivity contribution in [1.29, 1.82) is 0 Å². The molecule has 0 saturated carbocycles. The maximum Gasteiger partial charge on any atom is 0.225 e. The van der Waals surface area contributed by atoms with Crippen molar-refractivity contribution in [2.45, 2.75) is 38.7 Å². The van der Waals surface area contributed by atoms with E-state index in [2.05, 4.69) is 20.9 Å². The van der Waals surface area contributed by atoms with E-state index in [-0.39, 0.29) is 29.5 Å². The smallest absolute Gasteiger partial charge is 0.225 e. The topological polar surface area (TPSA) is 74.8 Å². The highest BCUT2D eigenvalue weighted by atomic mass is 19.1. The molecule has 160 valence electrons. The minimum absolute atomic E-state index is 0.0202. The molecule has 1 aliphatic heterocycles. The van der Waals surface area contributed by atoms with Crippen molar-refractivity contribution in [3.05, 3.63) is 59.9 Å². The Balaban J connectivity index is 1.63. The third-order valence-electron chi connectivity index (χ3n) is 5.01. The Bertz CT molecular complexity index is 887. The summed E-state index contributed by atoms with van der Waals surface area (Å²) in [6.07, 6.45) is 0.892. The third kappa shape index (κ3) is 5.72. The lowest BCUT2D eigenvalue weighted by Gasteiger charge is -2.26. The summed E-state index contributed by atoms with van der Waals surface area (Å²) < 4.78 is 19.7. The van der Waals surface area contributed by atoms with E-state index < -0.39 is 0 Å². The highest BCUT2D eigenvalue weighted by molar-refractivity contribution is 5.94. The van der Waals surface area contributed by atoms with E-state index in [4.69, 9.17) is 4.74 Å². The van der Waals surface area contributed by atoms with Crippen molar-refractivity contribution >= 4 is 17.6 Å². The maximum absolute atomic E-state index is 13.9. The molecular weight excluding hydrogens is 383 g/mol. The number of rotatable bonds is 8. The molecule has 2 atom stereocenters. The zero-order chi connectivity index (χ0) is 21.3. The first-order chi connectivity index (χ1) is 14.6. The number of para-hydroxylation sites is 2. The lowest BCUT2D eigenvalue weighted by atomic mass is 9.90. The number of aliphatic imine (C=N–C) groups is 1. The first-order valence-electron chi connectivity index (χ1n) is 10.4. The largest absolute Gasteiger partial charge is 0.485 e. The Kier molecular flexibility index (Phi) is 7.65. The number of hydrogen-bond donors (Lipinski definition) is 3. The molecule has 0 saturated heterocycles. The number of halogens is 1. The Morgan fingerprint density at radius 2 is 1.97 bits per heavy atom. The van der Waals surface area contributed by atoms with Gasteiger partial charge in [0.25, 0.3) is 0 Å². The van der Waals surface area contributed by atoms with E-state index in [0.717, 1.165) is 11.3 Å². The molecule has 2 aromatic rings. The predicted molar refractivity (Wildman–Crippen MR) is 118 cm³/mol. The quantitative estimate of drug-likeness (QED) is 0.457. The number of anilines is 1. The highest BCUT2D eigenvalue weighted by Crippen LogP contribution is 2.31. The van der Waals surface area contributed by atoms with Gasteiger partial charge in [-0.3, -0.25) is 4.79 Å². The third-order valence-corrected chi connectivity index (χ3v) is 5.01. The van der Waals surface area contributed by atoms with Crippen LogP contribution < -0.4 is 20.7 Å². The van der Waals surface area contributed by atoms with Crippen LogP contribution in [0.4, 0.5) is 10.1 Å². The maximum atomic E-state index is 13.9. The molecule has 30 heavy (non-hydrogen) atoms. The van der Waals surface area contributed by atoms with E-state index >= 15 is 0 Å². The van der Waals surface area contributed by atoms with Crippen LogP contribution in [0.15, 0.2) is 53.5 Å². The zero-order valence-electron chi connectivity index (χ0n) is 17.5. The molecule has 3 N–H and O–H groups in total. The summed E-state index contributed by atoms with van der Waals surface area (Å²) in [5.74, 6) is 0.598. The molecule has 0 bridgehead atoms. The number of fused-ring (bicyclic) bond motifs is 1. The van der Waals surface area contributed by atoms with E-state index in [9.17, 15) is 9.18 Å². The summed E-state index contributed by atoms with van der Waals surface area (Å²) in [6, 6.07) is 14.3. The Hall–Kier alpha value is -3.09. The molecule has 0 radical (unpaired) electrons. The number of nitrogens with zero attached hydrogens (tertiary/aromatic N) is 1. The molecule has 1 amide bonds. The van der Waals surface area contributed by atoms with Crippen LogP contribution in [0, 0.1) is 5.82 Å². The molecule has 1 heterocycles. The Morgan fingerprint density at radius 3 is 2.73 bits per heavy atom. The van der Waals surface area contributed by atoms with Gasteiger partial charge in [-0.1, -0.05) is 37.3 Å². The van der Waals surface area contributed by atoms with E-state index in [0.29, 0.717) is 38.4 Å². The average molecular weight is 413 g/mol. The Labute approximate surface area is 176 Å². The fourth-order valence-electron chi connectivity index (χ4n) is 3.41. The van der Waals surface area contributed by atoms with Crippen LogP contribution in [-0.2, 0) is 4.79 Å². The lowest BCUT2D eigenvalue weighted by Crippen LogP contribution is -2.41. The number of hydrogen-bond acceptors (Lipinski definition) is 3. The van der Waals surface area contributed by atoms with Gasteiger partial charge in [-0.25, -0.2) is 9.38 Å². The molecule has 2 aromatic carbocycles. The van der Waals surface area contributed by atoms with Crippen LogP contribution >= 0.6 is 0 Å². The van der Waals surface area contributed by atoms with Gasteiger partial charge >= 0.3 is 0 Å². The van der Waals surface area contributed by atoms with Crippen molar-refractivity contribution < 1.29 is 13.9 Å². The van der Waals surface area contributed by atoms with E-state index in [1.807, 2.05) is 38.1 Å². The minimum Gasteiger partial charge on any atom is -0.485 e. The van der Waals surface area contributed by atoms with Gasteiger partial charge in [0.1, 0.15) is 6.10 Å². The van der Waals surface area contributed by atoms with Crippen LogP contribution in [0.25, 0.3) is 0 Å². The Morgan fingerprint density at radius 1 is 1.20 bits per heavy atom. The summed E-state index contributed by atoms with van der Waals surface area (Å²) in [4.78, 5) is 16.6. The van der Waals surface area contributed by atoms with Crippen molar-refractivity contribution in [3.63, 3.8) is 0 Å². The summed E-state index contributed by atoms with van der Waals surface area (Å²) in [6.45, 7) is 5.66. The first kappa shape index (κ1) is 21.6. The van der Waals surface area contributed by atoms with Gasteiger partial charge in [-0.15, -0.1) is 0 Å². The molecular formula is C23H29FN4O2. The molecule has 0 aromatic heterocycles. The summed E-state index contributed by atoms with van der Waals surface area (Å²) >= 11 is 0. The predicted octanol–water partition coefficient (Wildman–Crippen LogP) is 3.66. The van der Waals surface area contributed by atoms with Gasteiger partial charge in [0.15, 0.2) is 17.5 Å². The standard InChI is InChI=1S/C23H29FN4O2/c1-3-17(30-21-12-8-6-10-19(21)24)15-27-23(25-4-2)26-14-16-13-22(29)28-20-11-7-5-9-18(16)20/h5-12,16-17H,3-4,13-15H2,1-2H3,(H,28,29)(H2,25,26,27). The summed E-state index contributed by atoms with van der Waals surface area (Å²) in [5, 5.41) is 9.47. The van der Waals surface area contributed by atoms with Crippen molar-refractivity contribution in [2.24, 2.45) is 4.99 Å². The number of ether oxygens (including phenoxy) is 1. The second-order valence-corrected chi connectivity index (χ2v) is 7.22. The van der Waals surface area contributed by atoms with Gasteiger partial charge in [0.2, 0.25) is 5.91 Å². The van der Waals surface area contributed by atoms with Crippen molar-refractivity contribution in [3.8, 4) is 5.75 Å². The number of guanidine groups is 1. The average Bonchev–Trinajstić information content (AvgIpc) is 2.75. The number of amides is 1. The highest BCUT2D eigenvalue weighted by Gasteiger charge is 2.24. The molecule has 3 rings (SSSR count). The monoisotopic (exact) mass is 412 g/mol. The second kappa shape index (κ2) is 10.6. The van der Waals surface area contributed by atoms with Crippen LogP contribution in [0.3, 0.4) is 0 Å². The fraction of sp³-hybridized carbons (Fsp3) is 0.391. The zero-order valence-corrected chi connectivity index (χ0v) is 17.5. The van der Waals surface area contributed by atoms with Crippen LogP contribution in [0.5, 0.6) is 5.75 Å². The molecule has 0 aliphatic carbocycles. The van der Waals surface area contributed by atoms with Gasteiger partial charge in [-0.2, -0.15) is 0 Å². The van der Waals surface area contributed by atoms with E-state index in [1.54, 1.807) is 18.2 Å². The molecule has 6 nitrogen and oxygen atoms in total. The van der Waals surface area contributed by atoms with Gasteiger partial charge < -0.3 is 20.7 Å². The fourth-order valence-corrected chi connectivity index (χ4v) is 3.41. The molecule has 2 unspecified atom stereocenters. The molecule has 0 spiro atoms. The SMILES string of the molecule is CCNC(=NCC(CC)Oc1ccccc1F)NCC1CC(=O)Nc2ccccc21. The second-order valence-electron chi connectivity index (χ2n) is 7.22. The molecule has 0 fully saturated rings. The summed E-state index contributed by atoms with van der Waals surface area (Å²) in [7, 11) is 0. The van der Waals surface area contributed by atoms with Crippen LogP contribution in [-0.4, -0.2) is 37.6 Å². The first-order valence-corrected chi connectivity index (χ1v) is 10.4. The van der Waals surface area contributed by atoms with Gasteiger partial charge in [0, 0.05) is 31.1 Å².